The Bertz CT molecular complexity index is 1090. The number of thiocarbonyl (C=S) groups is 1. The highest BCUT2D eigenvalue weighted by atomic mass is 32.1. The van der Waals surface area contributed by atoms with Crippen molar-refractivity contribution in [1.82, 2.24) is 5.32 Å². The van der Waals surface area contributed by atoms with Crippen LogP contribution in [0.2, 0.25) is 0 Å². The van der Waals surface area contributed by atoms with Gasteiger partial charge in [-0.1, -0.05) is 66.3 Å². The molecule has 30 heavy (non-hydrogen) atoms. The predicted molar refractivity (Wildman–Crippen MR) is 120 cm³/mol. The second-order valence-electron chi connectivity index (χ2n) is 6.76. The number of amides is 1. The molecule has 1 unspecified atom stereocenters. The number of carbonyl (C=O) groups excluding carboxylic acids is 1. The van der Waals surface area contributed by atoms with Gasteiger partial charge in [0.05, 0.1) is 4.92 Å². The second kappa shape index (κ2) is 8.81. The van der Waals surface area contributed by atoms with Crippen molar-refractivity contribution < 1.29 is 9.72 Å². The third-order valence-corrected chi connectivity index (χ3v) is 4.95. The van der Waals surface area contributed by atoms with Gasteiger partial charge in [0.1, 0.15) is 4.99 Å². The van der Waals surface area contributed by atoms with Gasteiger partial charge in [-0.2, -0.15) is 0 Å². The van der Waals surface area contributed by atoms with E-state index in [1.54, 1.807) is 42.5 Å². The second-order valence-corrected chi connectivity index (χ2v) is 7.16. The first-order valence-corrected chi connectivity index (χ1v) is 9.50. The van der Waals surface area contributed by atoms with Crippen molar-refractivity contribution in [2.24, 2.45) is 5.73 Å². The first-order valence-electron chi connectivity index (χ1n) is 9.09. The van der Waals surface area contributed by atoms with E-state index in [0.717, 1.165) is 5.56 Å². The minimum Gasteiger partial charge on any atom is -0.346 e. The van der Waals surface area contributed by atoms with Crippen LogP contribution in [0.3, 0.4) is 0 Å². The van der Waals surface area contributed by atoms with Crippen LogP contribution in [0.25, 0.3) is 0 Å². The molecule has 3 aromatic rings. The highest BCUT2D eigenvalue weighted by Gasteiger charge is 2.35. The summed E-state index contributed by atoms with van der Waals surface area (Å²) in [6, 6.07) is 21.8. The maximum atomic E-state index is 12.9. The van der Waals surface area contributed by atoms with E-state index in [-0.39, 0.29) is 10.7 Å². The minimum atomic E-state index is -1.54. The van der Waals surface area contributed by atoms with E-state index in [1.807, 2.05) is 25.1 Å². The van der Waals surface area contributed by atoms with Crippen molar-refractivity contribution >= 4 is 34.5 Å². The lowest BCUT2D eigenvalue weighted by atomic mass is 9.98. The third-order valence-electron chi connectivity index (χ3n) is 4.53. The molecule has 0 radical (unpaired) electrons. The van der Waals surface area contributed by atoms with E-state index < -0.39 is 16.5 Å². The monoisotopic (exact) mass is 420 g/mol. The van der Waals surface area contributed by atoms with E-state index in [9.17, 15) is 14.9 Å². The molecule has 0 aliphatic heterocycles. The maximum absolute atomic E-state index is 12.9. The van der Waals surface area contributed by atoms with E-state index in [1.165, 1.54) is 18.2 Å². The zero-order valence-electron chi connectivity index (χ0n) is 16.2. The average molecular weight is 420 g/mol. The number of nitrogens with two attached hydrogens (primary N) is 1. The van der Waals surface area contributed by atoms with Crippen LogP contribution < -0.4 is 16.4 Å². The lowest BCUT2D eigenvalue weighted by Crippen LogP contribution is -2.60. The molecule has 4 N–H and O–H groups in total. The van der Waals surface area contributed by atoms with Gasteiger partial charge in [0.2, 0.25) is 0 Å². The number of nitro benzene ring substituents is 1. The van der Waals surface area contributed by atoms with Gasteiger partial charge in [-0.25, -0.2) is 0 Å². The molecule has 0 aromatic heterocycles. The zero-order chi connectivity index (χ0) is 21.7. The molecule has 0 aliphatic carbocycles. The number of hydrogen-bond acceptors (Lipinski definition) is 5. The smallest absolute Gasteiger partial charge is 0.271 e. The fourth-order valence-corrected chi connectivity index (χ4v) is 3.13. The first kappa shape index (κ1) is 21.1. The van der Waals surface area contributed by atoms with Crippen molar-refractivity contribution in [2.45, 2.75) is 12.6 Å². The number of nitro groups is 1. The van der Waals surface area contributed by atoms with Crippen LogP contribution in [0, 0.1) is 17.0 Å². The normalized spacial score (nSPS) is 12.5. The number of rotatable bonds is 6. The number of hydrogen-bond donors (Lipinski definition) is 3. The summed E-state index contributed by atoms with van der Waals surface area (Å²) in [6.45, 7) is 1.93. The van der Waals surface area contributed by atoms with Crippen LogP contribution in [-0.4, -0.2) is 15.8 Å². The highest BCUT2D eigenvalue weighted by molar-refractivity contribution is 7.80. The quantitative estimate of drug-likeness (QED) is 0.242. The molecule has 0 fully saturated rings. The van der Waals surface area contributed by atoms with Gasteiger partial charge in [-0.05, 0) is 30.7 Å². The van der Waals surface area contributed by atoms with Crippen LogP contribution in [0.4, 0.5) is 11.4 Å². The number of nitrogens with one attached hydrogen (secondary N) is 2. The van der Waals surface area contributed by atoms with E-state index in [4.69, 9.17) is 18.0 Å². The highest BCUT2D eigenvalue weighted by Crippen LogP contribution is 2.23. The molecule has 3 rings (SSSR count). The SMILES string of the molecule is Cc1ccc(C(=O)NC(N)(C(=S)Nc2cccc([N+](=O)[O-])c2)c2ccccc2)cc1. The fourth-order valence-electron chi connectivity index (χ4n) is 2.84. The number of benzene rings is 3. The van der Waals surface area contributed by atoms with Crippen LogP contribution in [0.15, 0.2) is 78.9 Å². The fraction of sp³-hybridized carbons (Fsp3) is 0.0909. The van der Waals surface area contributed by atoms with Gasteiger partial charge >= 0.3 is 0 Å². The summed E-state index contributed by atoms with van der Waals surface area (Å²) in [7, 11) is 0. The van der Waals surface area contributed by atoms with Gasteiger partial charge in [-0.15, -0.1) is 0 Å². The summed E-state index contributed by atoms with van der Waals surface area (Å²) >= 11 is 5.53. The summed E-state index contributed by atoms with van der Waals surface area (Å²) in [5.41, 5.74) is 7.40. The Balaban J connectivity index is 1.92. The standard InChI is InChI=1S/C22H20N4O3S/c1-15-10-12-16(13-11-15)20(27)25-22(23,17-6-3-2-4-7-17)21(30)24-18-8-5-9-19(14-18)26(28)29/h2-14H,23H2,1H3,(H,24,30)(H,25,27). The van der Waals surface area contributed by atoms with Crippen molar-refractivity contribution in [3.8, 4) is 0 Å². The van der Waals surface area contributed by atoms with E-state index in [2.05, 4.69) is 10.6 Å². The minimum absolute atomic E-state index is 0.0891. The zero-order valence-corrected chi connectivity index (χ0v) is 17.0. The van der Waals surface area contributed by atoms with Crippen LogP contribution >= 0.6 is 12.2 Å². The Kier molecular flexibility index (Phi) is 6.20. The third kappa shape index (κ3) is 4.68. The Morgan fingerprint density at radius 3 is 2.33 bits per heavy atom. The average Bonchev–Trinajstić information content (AvgIpc) is 2.74. The topological polar surface area (TPSA) is 110 Å². The van der Waals surface area contributed by atoms with Gasteiger partial charge in [0, 0.05) is 23.4 Å². The lowest BCUT2D eigenvalue weighted by molar-refractivity contribution is -0.384. The number of nitrogens with zero attached hydrogens (tertiary/aromatic N) is 1. The van der Waals surface area contributed by atoms with Crippen molar-refractivity contribution in [1.29, 1.82) is 0 Å². The maximum Gasteiger partial charge on any atom is 0.271 e. The Labute approximate surface area is 179 Å². The Morgan fingerprint density at radius 1 is 1.03 bits per heavy atom. The lowest BCUT2D eigenvalue weighted by Gasteiger charge is -2.32. The van der Waals surface area contributed by atoms with E-state index in [0.29, 0.717) is 16.8 Å². The Hall–Kier alpha value is -3.62. The molecule has 8 heteroatoms. The van der Waals surface area contributed by atoms with Crippen molar-refractivity contribution in [2.75, 3.05) is 5.32 Å². The molecule has 0 bridgehead atoms. The Morgan fingerprint density at radius 2 is 1.70 bits per heavy atom. The summed E-state index contributed by atoms with van der Waals surface area (Å²) < 4.78 is 0. The number of non-ortho nitro benzene ring substituents is 1. The van der Waals surface area contributed by atoms with Gasteiger partial charge in [-0.3, -0.25) is 20.6 Å². The predicted octanol–water partition coefficient (Wildman–Crippen LogP) is 3.88. The first-order chi connectivity index (χ1) is 14.3. The summed E-state index contributed by atoms with van der Waals surface area (Å²) in [6.07, 6.45) is 0. The van der Waals surface area contributed by atoms with Crippen LogP contribution in [0.1, 0.15) is 21.5 Å². The van der Waals surface area contributed by atoms with E-state index >= 15 is 0 Å². The molecule has 0 spiro atoms. The van der Waals surface area contributed by atoms with Crippen molar-refractivity contribution in [3.05, 3.63) is 106 Å². The molecule has 152 valence electrons. The molecule has 0 saturated carbocycles. The van der Waals surface area contributed by atoms with Gasteiger partial charge < -0.3 is 10.6 Å². The summed E-state index contributed by atoms with van der Waals surface area (Å²) in [5.74, 6) is -0.399. The molecular weight excluding hydrogens is 400 g/mol. The van der Waals surface area contributed by atoms with Crippen LogP contribution in [0.5, 0.6) is 0 Å². The number of anilines is 1. The summed E-state index contributed by atoms with van der Waals surface area (Å²) in [5, 5.41) is 16.8. The largest absolute Gasteiger partial charge is 0.346 e. The van der Waals surface area contributed by atoms with Gasteiger partial charge in [0.15, 0.2) is 5.66 Å². The molecule has 1 atom stereocenters. The molecule has 1 amide bonds. The molecule has 0 aliphatic rings. The van der Waals surface area contributed by atoms with Crippen molar-refractivity contribution in [3.63, 3.8) is 0 Å². The van der Waals surface area contributed by atoms with Gasteiger partial charge in [0.25, 0.3) is 11.6 Å². The molecular formula is C22H20N4O3S. The number of aryl methyl sites for hydroxylation is 1. The molecule has 0 saturated heterocycles. The summed E-state index contributed by atoms with van der Waals surface area (Å²) in [4.78, 5) is 23.5. The molecule has 7 nitrogen and oxygen atoms in total. The molecule has 0 heterocycles. The molecule has 3 aromatic carbocycles. The van der Waals surface area contributed by atoms with Crippen LogP contribution in [-0.2, 0) is 5.66 Å². The number of carbonyl (C=O) groups is 1.